The maximum absolute atomic E-state index is 12.3. The largest absolute Gasteiger partial charge is 0.385 e. The second-order valence-corrected chi connectivity index (χ2v) is 7.01. The predicted octanol–water partition coefficient (Wildman–Crippen LogP) is 0.613. The summed E-state index contributed by atoms with van der Waals surface area (Å²) >= 11 is 1.40. The first-order valence-electron chi connectivity index (χ1n) is 7.96. The summed E-state index contributed by atoms with van der Waals surface area (Å²) in [6.07, 6.45) is 6.15. The zero-order chi connectivity index (χ0) is 17.1. The second-order valence-electron chi connectivity index (χ2n) is 6.07. The number of amides is 1. The first-order chi connectivity index (χ1) is 11.6. The fraction of sp³-hybridized carbons (Fsp3) is 0.600. The van der Waals surface area contributed by atoms with Crippen molar-refractivity contribution in [2.75, 3.05) is 18.8 Å². The summed E-state index contributed by atoms with van der Waals surface area (Å²) in [4.78, 5) is 18.4. The molecule has 130 valence electrons. The number of aliphatic hydroxyl groups is 1. The molecule has 9 heteroatoms. The number of carbonyl (C=O) groups excluding carboxylic acids is 1. The Morgan fingerprint density at radius 1 is 1.38 bits per heavy atom. The van der Waals surface area contributed by atoms with Crippen LogP contribution >= 0.6 is 11.8 Å². The molecule has 8 nitrogen and oxygen atoms in total. The van der Waals surface area contributed by atoms with E-state index in [2.05, 4.69) is 15.2 Å². The SMILES string of the molecule is Cn1cnnc1SCC(=O)N1CCC(C(O)c2nccn2C)CC1. The van der Waals surface area contributed by atoms with E-state index in [0.29, 0.717) is 24.7 Å². The molecule has 0 saturated carbocycles. The molecule has 0 radical (unpaired) electrons. The van der Waals surface area contributed by atoms with E-state index in [9.17, 15) is 9.90 Å². The lowest BCUT2D eigenvalue weighted by molar-refractivity contribution is -0.130. The van der Waals surface area contributed by atoms with Crippen molar-refractivity contribution < 1.29 is 9.90 Å². The van der Waals surface area contributed by atoms with Crippen LogP contribution in [-0.2, 0) is 18.9 Å². The van der Waals surface area contributed by atoms with E-state index < -0.39 is 6.10 Å². The lowest BCUT2D eigenvalue weighted by atomic mass is 9.90. The van der Waals surface area contributed by atoms with Gasteiger partial charge in [-0.15, -0.1) is 10.2 Å². The molecule has 24 heavy (non-hydrogen) atoms. The van der Waals surface area contributed by atoms with Crippen molar-refractivity contribution in [2.24, 2.45) is 20.0 Å². The Kier molecular flexibility index (Phi) is 5.20. The minimum atomic E-state index is -0.574. The van der Waals surface area contributed by atoms with Gasteiger partial charge in [-0.3, -0.25) is 4.79 Å². The van der Waals surface area contributed by atoms with Crippen molar-refractivity contribution in [1.29, 1.82) is 0 Å². The van der Waals surface area contributed by atoms with Gasteiger partial charge in [0.2, 0.25) is 5.91 Å². The van der Waals surface area contributed by atoms with Crippen molar-refractivity contribution in [3.05, 3.63) is 24.5 Å². The molecule has 1 unspecified atom stereocenters. The van der Waals surface area contributed by atoms with Gasteiger partial charge in [-0.2, -0.15) is 0 Å². The Hall–Kier alpha value is -1.87. The van der Waals surface area contributed by atoms with Crippen LogP contribution in [0.15, 0.2) is 23.9 Å². The van der Waals surface area contributed by atoms with E-state index in [0.717, 1.165) is 18.0 Å². The van der Waals surface area contributed by atoms with E-state index in [4.69, 9.17) is 0 Å². The van der Waals surface area contributed by atoms with Crippen molar-refractivity contribution in [2.45, 2.75) is 24.1 Å². The molecule has 2 aromatic heterocycles. The molecule has 2 aromatic rings. The number of aromatic nitrogens is 5. The summed E-state index contributed by atoms with van der Waals surface area (Å²) in [5.74, 6) is 1.30. The van der Waals surface area contributed by atoms with E-state index >= 15 is 0 Å². The van der Waals surface area contributed by atoms with Crippen molar-refractivity contribution in [3.63, 3.8) is 0 Å². The number of hydrogen-bond acceptors (Lipinski definition) is 6. The topological polar surface area (TPSA) is 89.1 Å². The number of thioether (sulfide) groups is 1. The molecule has 1 saturated heterocycles. The Labute approximate surface area is 144 Å². The first-order valence-corrected chi connectivity index (χ1v) is 8.94. The number of nitrogens with zero attached hydrogens (tertiary/aromatic N) is 6. The minimum absolute atomic E-state index is 0.105. The average molecular weight is 350 g/mol. The number of aryl methyl sites for hydroxylation is 2. The monoisotopic (exact) mass is 350 g/mol. The molecule has 1 N–H and O–H groups in total. The predicted molar refractivity (Wildman–Crippen MR) is 89.2 cm³/mol. The van der Waals surface area contributed by atoms with Gasteiger partial charge in [-0.1, -0.05) is 11.8 Å². The third-order valence-electron chi connectivity index (χ3n) is 4.46. The maximum atomic E-state index is 12.3. The molecule has 0 aromatic carbocycles. The Bertz CT molecular complexity index is 692. The second kappa shape index (κ2) is 7.35. The van der Waals surface area contributed by atoms with Gasteiger partial charge in [0.05, 0.1) is 5.75 Å². The molecule has 1 amide bonds. The molecule has 1 atom stereocenters. The number of aliphatic hydroxyl groups excluding tert-OH is 1. The molecule has 1 fully saturated rings. The standard InChI is InChI=1S/C15H22N6O2S/c1-19-8-5-16-14(19)13(23)11-3-6-21(7-4-11)12(22)9-24-15-18-17-10-20(15)2/h5,8,10-11,13,23H,3-4,6-7,9H2,1-2H3. The molecule has 3 rings (SSSR count). The van der Waals surface area contributed by atoms with Crippen LogP contribution in [0.2, 0.25) is 0 Å². The van der Waals surface area contributed by atoms with Crippen LogP contribution in [0.25, 0.3) is 0 Å². The molecule has 0 bridgehead atoms. The third-order valence-corrected chi connectivity index (χ3v) is 5.48. The highest BCUT2D eigenvalue weighted by Crippen LogP contribution is 2.30. The van der Waals surface area contributed by atoms with Crippen molar-refractivity contribution in [3.8, 4) is 0 Å². The van der Waals surface area contributed by atoms with Crippen LogP contribution in [0.5, 0.6) is 0 Å². The Morgan fingerprint density at radius 3 is 2.71 bits per heavy atom. The van der Waals surface area contributed by atoms with Crippen LogP contribution < -0.4 is 0 Å². The maximum Gasteiger partial charge on any atom is 0.233 e. The summed E-state index contributed by atoms with van der Waals surface area (Å²) in [5, 5.41) is 19.0. The average Bonchev–Trinajstić information content (AvgIpc) is 3.20. The van der Waals surface area contributed by atoms with E-state index in [1.165, 1.54) is 11.8 Å². The van der Waals surface area contributed by atoms with Crippen LogP contribution in [0.1, 0.15) is 24.8 Å². The number of imidazole rings is 1. The first kappa shape index (κ1) is 17.0. The Morgan fingerprint density at radius 2 is 2.12 bits per heavy atom. The van der Waals surface area contributed by atoms with Gasteiger partial charge in [0.15, 0.2) is 5.16 Å². The van der Waals surface area contributed by atoms with Gasteiger partial charge in [-0.05, 0) is 18.8 Å². The van der Waals surface area contributed by atoms with Gasteiger partial charge in [0.25, 0.3) is 0 Å². The molecule has 3 heterocycles. The summed E-state index contributed by atoms with van der Waals surface area (Å²) in [6, 6.07) is 0. The molecule has 1 aliphatic rings. The van der Waals surface area contributed by atoms with E-state index in [-0.39, 0.29) is 11.8 Å². The lowest BCUT2D eigenvalue weighted by Crippen LogP contribution is -2.40. The number of rotatable bonds is 5. The fourth-order valence-corrected chi connectivity index (χ4v) is 3.75. The zero-order valence-corrected chi connectivity index (χ0v) is 14.7. The van der Waals surface area contributed by atoms with Crippen LogP contribution in [0.3, 0.4) is 0 Å². The number of likely N-dealkylation sites (tertiary alicyclic amines) is 1. The number of hydrogen-bond donors (Lipinski definition) is 1. The zero-order valence-electron chi connectivity index (χ0n) is 13.9. The molecule has 0 aliphatic carbocycles. The number of piperidine rings is 1. The molecule has 0 spiro atoms. The fourth-order valence-electron chi connectivity index (χ4n) is 2.96. The summed E-state index contributed by atoms with van der Waals surface area (Å²) in [7, 11) is 3.74. The minimum Gasteiger partial charge on any atom is -0.385 e. The highest BCUT2D eigenvalue weighted by Gasteiger charge is 2.30. The third kappa shape index (κ3) is 3.62. The van der Waals surface area contributed by atoms with Crippen LogP contribution in [-0.4, -0.2) is 59.1 Å². The van der Waals surface area contributed by atoms with E-state index in [1.807, 2.05) is 29.8 Å². The molecular weight excluding hydrogens is 328 g/mol. The lowest BCUT2D eigenvalue weighted by Gasteiger charge is -2.34. The quantitative estimate of drug-likeness (QED) is 0.795. The van der Waals surface area contributed by atoms with Gasteiger partial charge >= 0.3 is 0 Å². The van der Waals surface area contributed by atoms with Crippen molar-refractivity contribution in [1.82, 2.24) is 29.2 Å². The smallest absolute Gasteiger partial charge is 0.233 e. The molecular formula is C15H22N6O2S. The number of carbonyl (C=O) groups is 1. The summed E-state index contributed by atoms with van der Waals surface area (Å²) in [6.45, 7) is 1.34. The normalized spacial score (nSPS) is 17.2. The van der Waals surface area contributed by atoms with Gasteiger partial charge < -0.3 is 19.1 Å². The molecule has 1 aliphatic heterocycles. The summed E-state index contributed by atoms with van der Waals surface area (Å²) in [5.41, 5.74) is 0. The Balaban J connectivity index is 1.48. The van der Waals surface area contributed by atoms with E-state index in [1.54, 1.807) is 17.1 Å². The van der Waals surface area contributed by atoms with Gasteiger partial charge in [0.1, 0.15) is 18.3 Å². The van der Waals surface area contributed by atoms with Gasteiger partial charge in [0, 0.05) is 39.6 Å². The highest BCUT2D eigenvalue weighted by molar-refractivity contribution is 7.99. The van der Waals surface area contributed by atoms with Crippen LogP contribution in [0, 0.1) is 5.92 Å². The van der Waals surface area contributed by atoms with Crippen molar-refractivity contribution >= 4 is 17.7 Å². The van der Waals surface area contributed by atoms with Gasteiger partial charge in [-0.25, -0.2) is 4.98 Å². The van der Waals surface area contributed by atoms with Crippen LogP contribution in [0.4, 0.5) is 0 Å². The highest BCUT2D eigenvalue weighted by atomic mass is 32.2. The summed E-state index contributed by atoms with van der Waals surface area (Å²) < 4.78 is 3.65.